The first kappa shape index (κ1) is 15.0. The fraction of sp³-hybridized carbons (Fsp3) is 0.357. The lowest BCUT2D eigenvalue weighted by Crippen LogP contribution is -2.05. The third kappa shape index (κ3) is 2.84. The Kier molecular flexibility index (Phi) is 4.12. The Balaban J connectivity index is 2.01. The zero-order valence-electron chi connectivity index (χ0n) is 12.3. The molecule has 0 bridgehead atoms. The monoisotopic (exact) mass is 336 g/mol. The Morgan fingerprint density at radius 2 is 2.14 bits per heavy atom. The summed E-state index contributed by atoms with van der Waals surface area (Å²) < 4.78 is 13.7. The van der Waals surface area contributed by atoms with Gasteiger partial charge in [-0.15, -0.1) is 0 Å². The molecule has 116 valence electrons. The SMILES string of the molecule is CCOc1cc2c(cc1/C=N\n1c(=S)[nH][nH]c1=S)O[C@@H](C)C2. The van der Waals surface area contributed by atoms with E-state index in [4.69, 9.17) is 33.9 Å². The smallest absolute Gasteiger partial charge is 0.215 e. The number of hydrogen-bond acceptors (Lipinski definition) is 5. The second-order valence-corrected chi connectivity index (χ2v) is 5.75. The Morgan fingerprint density at radius 3 is 2.82 bits per heavy atom. The third-order valence-electron chi connectivity index (χ3n) is 3.30. The van der Waals surface area contributed by atoms with Crippen molar-refractivity contribution < 1.29 is 9.47 Å². The largest absolute Gasteiger partial charge is 0.493 e. The van der Waals surface area contributed by atoms with Crippen LogP contribution in [0.1, 0.15) is 25.0 Å². The van der Waals surface area contributed by atoms with Crippen LogP contribution in [0.25, 0.3) is 0 Å². The molecule has 1 aliphatic rings. The van der Waals surface area contributed by atoms with Gasteiger partial charge in [-0.05, 0) is 50.4 Å². The molecule has 0 radical (unpaired) electrons. The molecule has 0 saturated carbocycles. The molecular weight excluding hydrogens is 320 g/mol. The van der Waals surface area contributed by atoms with Crippen LogP contribution in [0, 0.1) is 9.54 Å². The molecule has 0 unspecified atom stereocenters. The number of fused-ring (bicyclic) bond motifs is 1. The molecule has 0 fully saturated rings. The van der Waals surface area contributed by atoms with Crippen LogP contribution in [0.3, 0.4) is 0 Å². The van der Waals surface area contributed by atoms with Crippen molar-refractivity contribution in [2.45, 2.75) is 26.4 Å². The highest BCUT2D eigenvalue weighted by atomic mass is 32.1. The predicted octanol–water partition coefficient (Wildman–Crippen LogP) is 3.21. The quantitative estimate of drug-likeness (QED) is 0.664. The van der Waals surface area contributed by atoms with Gasteiger partial charge in [-0.2, -0.15) is 9.78 Å². The number of rotatable bonds is 4. The van der Waals surface area contributed by atoms with Gasteiger partial charge in [0, 0.05) is 17.5 Å². The highest BCUT2D eigenvalue weighted by molar-refractivity contribution is 7.72. The summed E-state index contributed by atoms with van der Waals surface area (Å²) in [6, 6.07) is 3.96. The van der Waals surface area contributed by atoms with Gasteiger partial charge in [-0.25, -0.2) is 0 Å². The van der Waals surface area contributed by atoms with Gasteiger partial charge in [-0.1, -0.05) is 0 Å². The van der Waals surface area contributed by atoms with Crippen molar-refractivity contribution in [2.24, 2.45) is 5.10 Å². The van der Waals surface area contributed by atoms with Gasteiger partial charge >= 0.3 is 0 Å². The molecule has 2 N–H and O–H groups in total. The van der Waals surface area contributed by atoms with Gasteiger partial charge in [-0.3, -0.25) is 10.2 Å². The molecule has 0 amide bonds. The number of benzene rings is 1. The lowest BCUT2D eigenvalue weighted by Gasteiger charge is -2.09. The maximum atomic E-state index is 5.79. The molecule has 1 aromatic heterocycles. The van der Waals surface area contributed by atoms with E-state index in [1.165, 1.54) is 4.68 Å². The van der Waals surface area contributed by atoms with E-state index in [1.807, 2.05) is 26.0 Å². The summed E-state index contributed by atoms with van der Waals surface area (Å²) in [5.74, 6) is 1.65. The lowest BCUT2D eigenvalue weighted by molar-refractivity contribution is 0.254. The second-order valence-electron chi connectivity index (χ2n) is 4.98. The zero-order valence-corrected chi connectivity index (χ0v) is 13.9. The molecule has 2 aromatic rings. The zero-order chi connectivity index (χ0) is 15.7. The molecule has 0 spiro atoms. The molecule has 1 atom stereocenters. The summed E-state index contributed by atoms with van der Waals surface area (Å²) >= 11 is 10.2. The van der Waals surface area contributed by atoms with E-state index in [9.17, 15) is 0 Å². The van der Waals surface area contributed by atoms with Gasteiger partial charge in [0.15, 0.2) is 0 Å². The number of aromatic amines is 2. The van der Waals surface area contributed by atoms with Crippen molar-refractivity contribution in [2.75, 3.05) is 6.61 Å². The molecule has 2 heterocycles. The third-order valence-corrected chi connectivity index (χ3v) is 3.85. The van der Waals surface area contributed by atoms with Crippen LogP contribution in [0.5, 0.6) is 11.5 Å². The summed E-state index contributed by atoms with van der Waals surface area (Å²) in [4.78, 5) is 0. The van der Waals surface area contributed by atoms with E-state index in [1.54, 1.807) is 6.21 Å². The minimum Gasteiger partial charge on any atom is -0.493 e. The van der Waals surface area contributed by atoms with Gasteiger partial charge in [0.1, 0.15) is 17.6 Å². The highest BCUT2D eigenvalue weighted by Crippen LogP contribution is 2.34. The number of hydrogen-bond donors (Lipinski definition) is 2. The van der Waals surface area contributed by atoms with E-state index in [0.29, 0.717) is 16.1 Å². The van der Waals surface area contributed by atoms with E-state index in [0.717, 1.165) is 29.0 Å². The average molecular weight is 336 g/mol. The van der Waals surface area contributed by atoms with Gasteiger partial charge in [0.05, 0.1) is 12.8 Å². The first-order valence-electron chi connectivity index (χ1n) is 6.99. The minimum atomic E-state index is 0.184. The maximum Gasteiger partial charge on any atom is 0.215 e. The van der Waals surface area contributed by atoms with Crippen molar-refractivity contribution in [3.63, 3.8) is 0 Å². The summed E-state index contributed by atoms with van der Waals surface area (Å²) in [5.41, 5.74) is 1.98. The number of H-pyrrole nitrogens is 2. The molecule has 8 heteroatoms. The first-order valence-corrected chi connectivity index (χ1v) is 7.80. The molecule has 1 aliphatic heterocycles. The van der Waals surface area contributed by atoms with Gasteiger partial charge in [0.25, 0.3) is 0 Å². The second kappa shape index (κ2) is 6.05. The Bertz CT molecular complexity index is 807. The molecule has 6 nitrogen and oxygen atoms in total. The van der Waals surface area contributed by atoms with Crippen LogP contribution in [0.2, 0.25) is 0 Å². The average Bonchev–Trinajstić information content (AvgIpc) is 2.99. The number of ether oxygens (including phenoxy) is 2. The fourth-order valence-electron chi connectivity index (χ4n) is 2.37. The Hall–Kier alpha value is -1.93. The molecule has 3 rings (SSSR count). The van der Waals surface area contributed by atoms with Crippen molar-refractivity contribution in [3.05, 3.63) is 32.8 Å². The van der Waals surface area contributed by atoms with Crippen LogP contribution in [-0.2, 0) is 6.42 Å². The maximum absolute atomic E-state index is 5.79. The Morgan fingerprint density at radius 1 is 1.41 bits per heavy atom. The number of nitrogens with zero attached hydrogens (tertiary/aromatic N) is 2. The van der Waals surface area contributed by atoms with Crippen molar-refractivity contribution in [1.29, 1.82) is 0 Å². The summed E-state index contributed by atoms with van der Waals surface area (Å²) in [6.45, 7) is 4.58. The Labute approximate surface area is 137 Å². The molecular formula is C14H16N4O2S2. The van der Waals surface area contributed by atoms with Crippen molar-refractivity contribution in [3.8, 4) is 11.5 Å². The van der Waals surface area contributed by atoms with E-state index < -0.39 is 0 Å². The van der Waals surface area contributed by atoms with E-state index in [-0.39, 0.29) is 6.10 Å². The molecule has 1 aromatic carbocycles. The standard InChI is InChI=1S/C14H16N4O2S2/c1-3-19-11-5-9-4-8(2)20-12(9)6-10(11)7-15-18-13(21)16-17-14(18)22/h5-8H,3-4H2,1-2H3,(H,16,21)(H,17,22)/b15-7-/t8-/m0/s1. The van der Waals surface area contributed by atoms with Crippen molar-refractivity contribution >= 4 is 30.7 Å². The summed E-state index contributed by atoms with van der Waals surface area (Å²) in [7, 11) is 0. The first-order chi connectivity index (χ1) is 10.6. The fourth-order valence-corrected chi connectivity index (χ4v) is 2.80. The van der Waals surface area contributed by atoms with Crippen LogP contribution in [-0.4, -0.2) is 33.8 Å². The van der Waals surface area contributed by atoms with Crippen LogP contribution in [0.15, 0.2) is 17.2 Å². The van der Waals surface area contributed by atoms with Crippen molar-refractivity contribution in [1.82, 2.24) is 14.9 Å². The summed E-state index contributed by atoms with van der Waals surface area (Å²) in [5, 5.41) is 9.79. The van der Waals surface area contributed by atoms with E-state index in [2.05, 4.69) is 15.3 Å². The summed E-state index contributed by atoms with van der Waals surface area (Å²) in [6.07, 6.45) is 2.75. The molecule has 0 saturated heterocycles. The van der Waals surface area contributed by atoms with Gasteiger partial charge < -0.3 is 9.47 Å². The van der Waals surface area contributed by atoms with Crippen LogP contribution < -0.4 is 9.47 Å². The van der Waals surface area contributed by atoms with Crippen LogP contribution in [0.4, 0.5) is 0 Å². The lowest BCUT2D eigenvalue weighted by atomic mass is 10.1. The molecule has 0 aliphatic carbocycles. The predicted molar refractivity (Wildman–Crippen MR) is 89.2 cm³/mol. The van der Waals surface area contributed by atoms with Crippen LogP contribution >= 0.6 is 24.4 Å². The molecule has 22 heavy (non-hydrogen) atoms. The number of aromatic nitrogens is 3. The highest BCUT2D eigenvalue weighted by Gasteiger charge is 2.21. The number of nitrogens with one attached hydrogen (secondary N) is 2. The minimum absolute atomic E-state index is 0.184. The normalized spacial score (nSPS) is 16.7. The van der Waals surface area contributed by atoms with Gasteiger partial charge in [0.2, 0.25) is 9.54 Å². The topological polar surface area (TPSA) is 67.3 Å². The van der Waals surface area contributed by atoms with E-state index >= 15 is 0 Å².